The normalized spacial score (nSPS) is 13.2. The van der Waals surface area contributed by atoms with Gasteiger partial charge in [-0.1, -0.05) is 6.92 Å². The Hall–Kier alpha value is -0.210. The van der Waals surface area contributed by atoms with Crippen molar-refractivity contribution in [3.8, 4) is 0 Å². The lowest BCUT2D eigenvalue weighted by molar-refractivity contribution is 0.190. The zero-order chi connectivity index (χ0) is 9.49. The van der Waals surface area contributed by atoms with Gasteiger partial charge >= 0.3 is 0 Å². The van der Waals surface area contributed by atoms with E-state index in [2.05, 4.69) is 11.7 Å². The number of aliphatic hydroxyl groups is 1. The number of rotatable bonds is 3. The Morgan fingerprint density at radius 1 is 1.45 bits per heavy atom. The van der Waals surface area contributed by atoms with Gasteiger partial charge < -0.3 is 5.11 Å². The molecule has 0 aromatic rings. The number of hydrogen-bond acceptors (Lipinski definition) is 5. The van der Waals surface area contributed by atoms with Crippen LogP contribution in [0.1, 0.15) is 13.3 Å². The Kier molecular flexibility index (Phi) is 7.91. The summed E-state index contributed by atoms with van der Waals surface area (Å²) in [6.45, 7) is 1.63. The van der Waals surface area contributed by atoms with Gasteiger partial charge in [-0.15, -0.1) is 0 Å². The molecule has 0 heterocycles. The van der Waals surface area contributed by atoms with Gasteiger partial charge in [0, 0.05) is 0 Å². The molecule has 0 aromatic carbocycles. The van der Waals surface area contributed by atoms with Crippen molar-refractivity contribution in [1.29, 1.82) is 0 Å². The van der Waals surface area contributed by atoms with Gasteiger partial charge in [-0.25, -0.2) is 0 Å². The lowest BCUT2D eigenvalue weighted by Crippen LogP contribution is -2.18. The van der Waals surface area contributed by atoms with E-state index in [0.717, 1.165) is 0 Å². The third-order valence-corrected chi connectivity index (χ3v) is 1.68. The van der Waals surface area contributed by atoms with Crippen LogP contribution in [0.25, 0.3) is 0 Å². The summed E-state index contributed by atoms with van der Waals surface area (Å²) in [5, 5.41) is 8.65. The zero-order valence-electron chi connectivity index (χ0n) is 6.27. The van der Waals surface area contributed by atoms with Crippen molar-refractivity contribution in [2.75, 3.05) is 5.75 Å². The highest BCUT2D eigenvalue weighted by molar-refractivity contribution is 7.85. The number of nitrogens with two attached hydrogens (primary N) is 2. The summed E-state index contributed by atoms with van der Waals surface area (Å²) in [5.74, 6) is 7.43. The summed E-state index contributed by atoms with van der Waals surface area (Å²) in [6, 6.07) is 0. The van der Waals surface area contributed by atoms with E-state index in [9.17, 15) is 8.42 Å². The van der Waals surface area contributed by atoms with Crippen molar-refractivity contribution in [3.05, 3.63) is 0 Å². The third-order valence-electron chi connectivity index (χ3n) is 0.874. The molecule has 6 N–H and O–H groups in total. The summed E-state index contributed by atoms with van der Waals surface area (Å²) < 4.78 is 28.1. The smallest absolute Gasteiger partial charge is 0.267 e. The number of hydrazine groups is 1. The van der Waals surface area contributed by atoms with Crippen LogP contribution in [-0.4, -0.2) is 29.9 Å². The van der Waals surface area contributed by atoms with Gasteiger partial charge in [-0.05, 0) is 6.42 Å². The molecule has 1 unspecified atom stereocenters. The van der Waals surface area contributed by atoms with Crippen molar-refractivity contribution in [3.63, 3.8) is 0 Å². The number of hydrogen-bond donors (Lipinski definition) is 4. The Balaban J connectivity index is 0. The highest BCUT2D eigenvalue weighted by Crippen LogP contribution is 1.93. The summed E-state index contributed by atoms with van der Waals surface area (Å²) in [7, 11) is -3.99. The van der Waals surface area contributed by atoms with E-state index in [4.69, 9.17) is 9.66 Å². The minimum Gasteiger partial charge on any atom is -0.392 e. The average molecular weight is 186 g/mol. The second-order valence-electron chi connectivity index (χ2n) is 1.81. The SMILES string of the molecule is CCC(O)CS(=O)(=O)O.NN. The summed E-state index contributed by atoms with van der Waals surface area (Å²) in [5.41, 5.74) is 0. The van der Waals surface area contributed by atoms with Crippen molar-refractivity contribution in [2.45, 2.75) is 19.4 Å². The van der Waals surface area contributed by atoms with Gasteiger partial charge in [-0.3, -0.25) is 16.2 Å². The van der Waals surface area contributed by atoms with E-state index >= 15 is 0 Å². The first kappa shape index (κ1) is 13.4. The van der Waals surface area contributed by atoms with Crippen LogP contribution < -0.4 is 11.7 Å². The van der Waals surface area contributed by atoms with E-state index < -0.39 is 22.0 Å². The molecule has 0 aromatic heterocycles. The highest BCUT2D eigenvalue weighted by atomic mass is 32.2. The van der Waals surface area contributed by atoms with Gasteiger partial charge in [0.1, 0.15) is 5.75 Å². The molecule has 7 heteroatoms. The maximum absolute atomic E-state index is 10.00. The lowest BCUT2D eigenvalue weighted by atomic mass is 10.3. The largest absolute Gasteiger partial charge is 0.392 e. The van der Waals surface area contributed by atoms with Crippen LogP contribution in [-0.2, 0) is 10.1 Å². The van der Waals surface area contributed by atoms with Gasteiger partial charge in [0.25, 0.3) is 10.1 Å². The van der Waals surface area contributed by atoms with Crippen LogP contribution in [0.4, 0.5) is 0 Å². The number of aliphatic hydroxyl groups excluding tert-OH is 1. The Labute approximate surface area is 65.9 Å². The fourth-order valence-electron chi connectivity index (χ4n) is 0.361. The van der Waals surface area contributed by atoms with Crippen molar-refractivity contribution in [2.24, 2.45) is 11.7 Å². The fourth-order valence-corrected chi connectivity index (χ4v) is 1.08. The second kappa shape index (κ2) is 6.50. The molecule has 0 saturated carbocycles. The maximum Gasteiger partial charge on any atom is 0.267 e. The second-order valence-corrected chi connectivity index (χ2v) is 3.31. The van der Waals surface area contributed by atoms with Crippen LogP contribution in [0.15, 0.2) is 0 Å². The molecule has 0 radical (unpaired) electrons. The van der Waals surface area contributed by atoms with Gasteiger partial charge in [0.15, 0.2) is 0 Å². The van der Waals surface area contributed by atoms with Crippen molar-refractivity contribution in [1.82, 2.24) is 0 Å². The molecule has 0 rings (SSSR count). The average Bonchev–Trinajstić information content (AvgIpc) is 1.89. The quantitative estimate of drug-likeness (QED) is 0.240. The predicted molar refractivity (Wildman–Crippen MR) is 41.1 cm³/mol. The van der Waals surface area contributed by atoms with E-state index in [1.807, 2.05) is 0 Å². The van der Waals surface area contributed by atoms with Gasteiger partial charge in [0.05, 0.1) is 6.10 Å². The molecule has 0 bridgehead atoms. The van der Waals surface area contributed by atoms with Gasteiger partial charge in [-0.2, -0.15) is 8.42 Å². The molecule has 0 fully saturated rings. The Morgan fingerprint density at radius 2 is 1.82 bits per heavy atom. The predicted octanol–water partition coefficient (Wildman–Crippen LogP) is -1.54. The van der Waals surface area contributed by atoms with Crippen LogP contribution >= 0.6 is 0 Å². The maximum atomic E-state index is 10.00. The topological polar surface area (TPSA) is 127 Å². The highest BCUT2D eigenvalue weighted by Gasteiger charge is 2.10. The zero-order valence-corrected chi connectivity index (χ0v) is 7.08. The third kappa shape index (κ3) is 12.9. The molecule has 11 heavy (non-hydrogen) atoms. The van der Waals surface area contributed by atoms with Crippen LogP contribution in [0.3, 0.4) is 0 Å². The molecular formula is C4H14N2O4S. The summed E-state index contributed by atoms with van der Waals surface area (Å²) in [4.78, 5) is 0. The van der Waals surface area contributed by atoms with Crippen LogP contribution in [0.5, 0.6) is 0 Å². The van der Waals surface area contributed by atoms with Crippen molar-refractivity contribution >= 4 is 10.1 Å². The van der Waals surface area contributed by atoms with Gasteiger partial charge in [0.2, 0.25) is 0 Å². The van der Waals surface area contributed by atoms with E-state index in [0.29, 0.717) is 6.42 Å². The summed E-state index contributed by atoms with van der Waals surface area (Å²) in [6.07, 6.45) is -0.611. The molecule has 70 valence electrons. The molecular weight excluding hydrogens is 172 g/mol. The molecule has 0 saturated heterocycles. The van der Waals surface area contributed by atoms with E-state index in [1.54, 1.807) is 6.92 Å². The summed E-state index contributed by atoms with van der Waals surface area (Å²) >= 11 is 0. The standard InChI is InChI=1S/C4H10O4S.H4N2/c1-2-4(5)3-9(6,7)8;1-2/h4-5H,2-3H2,1H3,(H,6,7,8);1-2H2. The minimum absolute atomic E-state index is 0.333. The lowest BCUT2D eigenvalue weighted by Gasteiger charge is -2.02. The first-order valence-corrected chi connectivity index (χ1v) is 4.53. The van der Waals surface area contributed by atoms with Crippen molar-refractivity contribution < 1.29 is 18.1 Å². The molecule has 0 aliphatic carbocycles. The monoisotopic (exact) mass is 186 g/mol. The van der Waals surface area contributed by atoms with E-state index in [-0.39, 0.29) is 0 Å². The molecule has 0 aliphatic rings. The Bertz CT molecular complexity index is 167. The Morgan fingerprint density at radius 3 is 1.91 bits per heavy atom. The molecule has 0 spiro atoms. The minimum atomic E-state index is -3.99. The first-order chi connectivity index (χ1) is 4.95. The van der Waals surface area contributed by atoms with Crippen LogP contribution in [0.2, 0.25) is 0 Å². The first-order valence-electron chi connectivity index (χ1n) is 2.92. The van der Waals surface area contributed by atoms with Crippen LogP contribution in [0, 0.1) is 0 Å². The molecule has 0 aliphatic heterocycles. The molecule has 1 atom stereocenters. The molecule has 0 amide bonds. The molecule has 6 nitrogen and oxygen atoms in total. The van der Waals surface area contributed by atoms with E-state index in [1.165, 1.54) is 0 Å². The fraction of sp³-hybridized carbons (Fsp3) is 1.00.